The van der Waals surface area contributed by atoms with E-state index in [1.807, 2.05) is 12.3 Å². The lowest BCUT2D eigenvalue weighted by atomic mass is 10.0. The maximum absolute atomic E-state index is 12.4. The number of aromatic nitrogens is 3. The Morgan fingerprint density at radius 1 is 1.10 bits per heavy atom. The molecule has 0 aliphatic carbocycles. The molecule has 0 saturated heterocycles. The number of hydrogen-bond donors (Lipinski definition) is 2. The molecule has 30 heavy (non-hydrogen) atoms. The van der Waals surface area contributed by atoms with Crippen molar-refractivity contribution in [3.8, 4) is 21.7 Å². The molecule has 0 unspecified atom stereocenters. The van der Waals surface area contributed by atoms with Crippen LogP contribution in [0.5, 0.6) is 0 Å². The Morgan fingerprint density at radius 2 is 1.90 bits per heavy atom. The second-order valence-corrected chi connectivity index (χ2v) is 7.62. The Kier molecular flexibility index (Phi) is 6.73. The predicted octanol–water partition coefficient (Wildman–Crippen LogP) is 3.67. The summed E-state index contributed by atoms with van der Waals surface area (Å²) in [4.78, 5) is 39.1. The molecule has 0 saturated carbocycles. The first-order chi connectivity index (χ1) is 14.4. The van der Waals surface area contributed by atoms with Crippen LogP contribution < -0.4 is 10.6 Å². The Hall–Kier alpha value is -3.33. The van der Waals surface area contributed by atoms with E-state index in [-0.39, 0.29) is 11.9 Å². The molecule has 8 nitrogen and oxygen atoms in total. The first-order valence-electron chi connectivity index (χ1n) is 9.59. The van der Waals surface area contributed by atoms with Gasteiger partial charge in [-0.05, 0) is 25.5 Å². The number of pyridine rings is 2. The minimum Gasteiger partial charge on any atom is -0.345 e. The van der Waals surface area contributed by atoms with Gasteiger partial charge in [-0.2, -0.15) is 0 Å². The number of anilines is 1. The van der Waals surface area contributed by atoms with E-state index in [1.54, 1.807) is 44.8 Å². The van der Waals surface area contributed by atoms with Gasteiger partial charge < -0.3 is 10.2 Å². The summed E-state index contributed by atoms with van der Waals surface area (Å²) in [5, 5.41) is 8.25. The first-order valence-corrected chi connectivity index (χ1v) is 10.5. The van der Waals surface area contributed by atoms with Crippen molar-refractivity contribution in [2.24, 2.45) is 0 Å². The topological polar surface area (TPSA) is 100 Å². The number of nitrogens with zero attached hydrogens (tertiary/aromatic N) is 4. The van der Waals surface area contributed by atoms with Gasteiger partial charge in [-0.25, -0.2) is 14.8 Å². The molecular formula is C21H24N6O2S. The van der Waals surface area contributed by atoms with Gasteiger partial charge in [0.05, 0.1) is 11.3 Å². The van der Waals surface area contributed by atoms with Gasteiger partial charge in [0.15, 0.2) is 0 Å². The molecule has 0 aliphatic heterocycles. The van der Waals surface area contributed by atoms with E-state index in [2.05, 4.69) is 27.5 Å². The predicted molar refractivity (Wildman–Crippen MR) is 119 cm³/mol. The first kappa shape index (κ1) is 21.4. The van der Waals surface area contributed by atoms with Gasteiger partial charge in [-0.15, -0.1) is 11.3 Å². The van der Waals surface area contributed by atoms with Crippen molar-refractivity contribution in [2.75, 3.05) is 26.0 Å². The summed E-state index contributed by atoms with van der Waals surface area (Å²) in [5.41, 5.74) is 3.84. The molecule has 3 aromatic rings. The Labute approximate surface area is 179 Å². The molecule has 3 rings (SSSR count). The largest absolute Gasteiger partial charge is 0.345 e. The monoisotopic (exact) mass is 424 g/mol. The van der Waals surface area contributed by atoms with Gasteiger partial charge in [0, 0.05) is 61.3 Å². The average molecular weight is 425 g/mol. The molecule has 3 aromatic heterocycles. The lowest BCUT2D eigenvalue weighted by molar-refractivity contribution is 0.0827. The van der Waals surface area contributed by atoms with Crippen LogP contribution in [0.3, 0.4) is 0 Å². The highest BCUT2D eigenvalue weighted by Crippen LogP contribution is 2.35. The summed E-state index contributed by atoms with van der Waals surface area (Å²) < 4.78 is 0. The molecule has 0 fully saturated rings. The number of hydrogen-bond acceptors (Lipinski definition) is 6. The maximum Gasteiger partial charge on any atom is 0.320 e. The van der Waals surface area contributed by atoms with Crippen molar-refractivity contribution < 1.29 is 9.59 Å². The lowest BCUT2D eigenvalue weighted by Gasteiger charge is -2.13. The molecule has 0 spiro atoms. The summed E-state index contributed by atoms with van der Waals surface area (Å²) in [7, 11) is 3.40. The number of urea groups is 1. The van der Waals surface area contributed by atoms with Crippen molar-refractivity contribution >= 4 is 29.1 Å². The van der Waals surface area contributed by atoms with E-state index in [0.717, 1.165) is 33.8 Å². The standard InChI is InChI=1S/C21H24N6O2S/c1-5-15-12-30-19(25-15)16-8-18(26-21(29)23-6-2)24-11-17(16)13-7-14(10-22-9-13)20(28)27(3)4/h7-12H,5-6H2,1-4H3,(H2,23,24,26,29). The molecule has 156 valence electrons. The minimum absolute atomic E-state index is 0.129. The molecule has 0 aliphatic rings. The number of aryl methyl sites for hydroxylation is 1. The Bertz CT molecular complexity index is 1060. The third-order valence-electron chi connectivity index (χ3n) is 4.33. The normalized spacial score (nSPS) is 10.5. The zero-order chi connectivity index (χ0) is 21.7. The molecule has 0 radical (unpaired) electrons. The number of amides is 3. The van der Waals surface area contributed by atoms with Crippen LogP contribution in [-0.2, 0) is 6.42 Å². The molecule has 9 heteroatoms. The van der Waals surface area contributed by atoms with Crippen molar-refractivity contribution in [1.29, 1.82) is 0 Å². The smallest absolute Gasteiger partial charge is 0.320 e. The number of carbonyl (C=O) groups excluding carboxylic acids is 2. The van der Waals surface area contributed by atoms with Crippen molar-refractivity contribution in [3.63, 3.8) is 0 Å². The molecule has 0 bridgehead atoms. The van der Waals surface area contributed by atoms with Gasteiger partial charge in [-0.3, -0.25) is 15.1 Å². The second-order valence-electron chi connectivity index (χ2n) is 6.76. The van der Waals surface area contributed by atoms with Crippen LogP contribution in [0.4, 0.5) is 10.6 Å². The van der Waals surface area contributed by atoms with Crippen LogP contribution in [0.1, 0.15) is 29.9 Å². The van der Waals surface area contributed by atoms with E-state index in [1.165, 1.54) is 16.2 Å². The molecule has 0 atom stereocenters. The molecule has 3 amide bonds. The van der Waals surface area contributed by atoms with Gasteiger partial charge in [0.25, 0.3) is 5.91 Å². The van der Waals surface area contributed by atoms with Crippen molar-refractivity contribution in [1.82, 2.24) is 25.2 Å². The highest BCUT2D eigenvalue weighted by Gasteiger charge is 2.16. The summed E-state index contributed by atoms with van der Waals surface area (Å²) in [6.45, 7) is 4.41. The number of rotatable bonds is 6. The summed E-state index contributed by atoms with van der Waals surface area (Å²) >= 11 is 1.53. The lowest BCUT2D eigenvalue weighted by Crippen LogP contribution is -2.28. The van der Waals surface area contributed by atoms with Crippen LogP contribution in [0, 0.1) is 0 Å². The molecular weight excluding hydrogens is 400 g/mol. The summed E-state index contributed by atoms with van der Waals surface area (Å²) in [6, 6.07) is 3.27. The van der Waals surface area contributed by atoms with Gasteiger partial charge in [0.2, 0.25) is 0 Å². The fourth-order valence-electron chi connectivity index (χ4n) is 2.81. The Morgan fingerprint density at radius 3 is 2.57 bits per heavy atom. The SMILES string of the molecule is CCNC(=O)Nc1cc(-c2nc(CC)cs2)c(-c2cncc(C(=O)N(C)C)c2)cn1. The Balaban J connectivity index is 2.08. The summed E-state index contributed by atoms with van der Waals surface area (Å²) in [5.74, 6) is 0.289. The zero-order valence-corrected chi connectivity index (χ0v) is 18.2. The van der Waals surface area contributed by atoms with Crippen LogP contribution in [0.25, 0.3) is 21.7 Å². The van der Waals surface area contributed by atoms with E-state index in [4.69, 9.17) is 4.98 Å². The highest BCUT2D eigenvalue weighted by molar-refractivity contribution is 7.13. The van der Waals surface area contributed by atoms with Crippen LogP contribution in [0.15, 0.2) is 36.1 Å². The summed E-state index contributed by atoms with van der Waals surface area (Å²) in [6.07, 6.45) is 5.74. The third kappa shape index (κ3) is 4.80. The van der Waals surface area contributed by atoms with E-state index in [9.17, 15) is 9.59 Å². The highest BCUT2D eigenvalue weighted by atomic mass is 32.1. The third-order valence-corrected chi connectivity index (χ3v) is 5.25. The van der Waals surface area contributed by atoms with E-state index >= 15 is 0 Å². The molecule has 0 aromatic carbocycles. The van der Waals surface area contributed by atoms with Gasteiger partial charge in [0.1, 0.15) is 10.8 Å². The quantitative estimate of drug-likeness (QED) is 0.629. The number of carbonyl (C=O) groups is 2. The average Bonchev–Trinajstić information content (AvgIpc) is 3.22. The molecule has 2 N–H and O–H groups in total. The molecule has 3 heterocycles. The van der Waals surface area contributed by atoms with E-state index in [0.29, 0.717) is 17.9 Å². The van der Waals surface area contributed by atoms with Crippen LogP contribution in [-0.4, -0.2) is 52.4 Å². The maximum atomic E-state index is 12.4. The number of nitrogens with one attached hydrogen (secondary N) is 2. The number of thiazole rings is 1. The zero-order valence-electron chi connectivity index (χ0n) is 17.4. The van der Waals surface area contributed by atoms with Gasteiger partial charge >= 0.3 is 6.03 Å². The van der Waals surface area contributed by atoms with Crippen LogP contribution >= 0.6 is 11.3 Å². The van der Waals surface area contributed by atoms with Crippen molar-refractivity contribution in [2.45, 2.75) is 20.3 Å². The fourth-order valence-corrected chi connectivity index (χ4v) is 3.74. The van der Waals surface area contributed by atoms with E-state index < -0.39 is 0 Å². The van der Waals surface area contributed by atoms with Gasteiger partial charge in [-0.1, -0.05) is 6.92 Å². The minimum atomic E-state index is -0.322. The fraction of sp³-hybridized carbons (Fsp3) is 0.286. The van der Waals surface area contributed by atoms with Crippen molar-refractivity contribution in [3.05, 3.63) is 47.4 Å². The van der Waals surface area contributed by atoms with Crippen LogP contribution in [0.2, 0.25) is 0 Å². The second kappa shape index (κ2) is 9.45.